The van der Waals surface area contributed by atoms with Gasteiger partial charge in [-0.3, -0.25) is 0 Å². The van der Waals surface area contributed by atoms with Crippen LogP contribution < -0.4 is 5.73 Å². The molecule has 0 amide bonds. The van der Waals surface area contributed by atoms with E-state index in [2.05, 4.69) is 28.1 Å². The van der Waals surface area contributed by atoms with Crippen molar-refractivity contribution in [3.8, 4) is 0 Å². The lowest BCUT2D eigenvalue weighted by molar-refractivity contribution is 0.272. The Labute approximate surface area is 102 Å². The molecule has 1 aliphatic rings. The second kappa shape index (κ2) is 4.45. The molecule has 82 valence electrons. The van der Waals surface area contributed by atoms with Gasteiger partial charge in [0.2, 0.25) is 0 Å². The summed E-state index contributed by atoms with van der Waals surface area (Å²) in [6, 6.07) is 8.21. The fourth-order valence-corrected chi connectivity index (χ4v) is 3.73. The van der Waals surface area contributed by atoms with Crippen LogP contribution in [0, 0.1) is 5.92 Å². The van der Waals surface area contributed by atoms with Crippen molar-refractivity contribution in [1.82, 2.24) is 0 Å². The molecule has 1 aromatic carbocycles. The van der Waals surface area contributed by atoms with Gasteiger partial charge in [0.25, 0.3) is 0 Å². The highest BCUT2D eigenvalue weighted by atomic mass is 79.9. The van der Waals surface area contributed by atoms with E-state index in [1.165, 1.54) is 4.90 Å². The summed E-state index contributed by atoms with van der Waals surface area (Å²) in [4.78, 5) is 1.21. The number of aliphatic hydroxyl groups is 1. The van der Waals surface area contributed by atoms with Gasteiger partial charge in [0, 0.05) is 27.3 Å². The van der Waals surface area contributed by atoms with Gasteiger partial charge in [-0.2, -0.15) is 0 Å². The Hall–Kier alpha value is -0.0300. The Morgan fingerprint density at radius 2 is 2.40 bits per heavy atom. The van der Waals surface area contributed by atoms with E-state index >= 15 is 0 Å². The van der Waals surface area contributed by atoms with Crippen LogP contribution in [0.4, 0.5) is 0 Å². The Morgan fingerprint density at radius 3 is 2.93 bits per heavy atom. The van der Waals surface area contributed by atoms with Gasteiger partial charge in [0.05, 0.1) is 0 Å². The topological polar surface area (TPSA) is 46.2 Å². The first-order valence-electron chi connectivity index (χ1n) is 4.96. The fraction of sp³-hybridized carbons (Fsp3) is 0.455. The maximum Gasteiger partial charge on any atom is 0.0473 e. The predicted molar refractivity (Wildman–Crippen MR) is 67.0 cm³/mol. The van der Waals surface area contributed by atoms with Gasteiger partial charge >= 0.3 is 0 Å². The van der Waals surface area contributed by atoms with E-state index in [9.17, 15) is 0 Å². The molecule has 2 unspecified atom stereocenters. The molecule has 0 radical (unpaired) electrons. The zero-order chi connectivity index (χ0) is 10.9. The van der Waals surface area contributed by atoms with Crippen molar-refractivity contribution in [3.05, 3.63) is 28.7 Å². The molecule has 1 aromatic rings. The lowest BCUT2D eigenvalue weighted by Gasteiger charge is -2.14. The molecule has 0 bridgehead atoms. The number of benzene rings is 1. The average Bonchev–Trinajstić information content (AvgIpc) is 2.92. The highest BCUT2D eigenvalue weighted by molar-refractivity contribution is 9.10. The first-order chi connectivity index (χ1) is 7.20. The van der Waals surface area contributed by atoms with Crippen molar-refractivity contribution in [2.24, 2.45) is 11.7 Å². The fourth-order valence-electron chi connectivity index (χ4n) is 1.77. The second-order valence-electron chi connectivity index (χ2n) is 3.91. The van der Waals surface area contributed by atoms with Crippen molar-refractivity contribution in [3.63, 3.8) is 0 Å². The molecule has 2 rings (SSSR count). The quantitative estimate of drug-likeness (QED) is 0.893. The van der Waals surface area contributed by atoms with Gasteiger partial charge in [0.15, 0.2) is 0 Å². The summed E-state index contributed by atoms with van der Waals surface area (Å²) in [5.74, 6) is 0.367. The largest absolute Gasteiger partial charge is 0.396 e. The summed E-state index contributed by atoms with van der Waals surface area (Å²) in [5.41, 5.74) is 5.78. The molecule has 1 saturated carbocycles. The predicted octanol–water partition coefficient (Wildman–Crippen LogP) is 2.25. The van der Waals surface area contributed by atoms with Crippen LogP contribution in [0.1, 0.15) is 6.42 Å². The summed E-state index contributed by atoms with van der Waals surface area (Å²) >= 11 is 5.24. The monoisotopic (exact) mass is 287 g/mol. The van der Waals surface area contributed by atoms with E-state index in [-0.39, 0.29) is 11.4 Å². The number of thioether (sulfide) groups is 1. The zero-order valence-electron chi connectivity index (χ0n) is 8.32. The van der Waals surface area contributed by atoms with Crippen molar-refractivity contribution in [1.29, 1.82) is 0 Å². The molecule has 0 aromatic heterocycles. The maximum atomic E-state index is 9.13. The third-order valence-electron chi connectivity index (χ3n) is 2.86. The van der Waals surface area contributed by atoms with Crippen LogP contribution in [0.3, 0.4) is 0 Å². The molecule has 1 aliphatic carbocycles. The van der Waals surface area contributed by atoms with Crippen molar-refractivity contribution in [2.45, 2.75) is 16.1 Å². The van der Waals surface area contributed by atoms with Gasteiger partial charge in [-0.1, -0.05) is 22.0 Å². The van der Waals surface area contributed by atoms with Crippen molar-refractivity contribution in [2.75, 3.05) is 13.2 Å². The van der Waals surface area contributed by atoms with Crippen LogP contribution in [-0.2, 0) is 0 Å². The number of aliphatic hydroxyl groups excluding tert-OH is 1. The zero-order valence-corrected chi connectivity index (χ0v) is 10.7. The lowest BCUT2D eigenvalue weighted by atomic mass is 10.3. The minimum atomic E-state index is 0.0789. The van der Waals surface area contributed by atoms with Crippen LogP contribution in [0.5, 0.6) is 0 Å². The highest BCUT2D eigenvalue weighted by Crippen LogP contribution is 2.55. The summed E-state index contributed by atoms with van der Waals surface area (Å²) in [6.45, 7) is 0.883. The lowest BCUT2D eigenvalue weighted by Crippen LogP contribution is -2.21. The summed E-state index contributed by atoms with van der Waals surface area (Å²) < 4.78 is 1.16. The number of hydrogen-bond acceptors (Lipinski definition) is 3. The molecular formula is C11H14BrNOS. The molecule has 0 heterocycles. The van der Waals surface area contributed by atoms with E-state index in [0.717, 1.165) is 10.9 Å². The Bertz CT molecular complexity index is 360. The second-order valence-corrected chi connectivity index (χ2v) is 6.32. The van der Waals surface area contributed by atoms with Crippen LogP contribution in [-0.4, -0.2) is 23.0 Å². The molecule has 2 nitrogen and oxygen atoms in total. The summed E-state index contributed by atoms with van der Waals surface area (Å²) in [6.07, 6.45) is 1.02. The minimum Gasteiger partial charge on any atom is -0.396 e. The van der Waals surface area contributed by atoms with Gasteiger partial charge in [0.1, 0.15) is 0 Å². The van der Waals surface area contributed by atoms with Gasteiger partial charge in [-0.25, -0.2) is 0 Å². The Kier molecular flexibility index (Phi) is 3.40. The molecular weight excluding hydrogens is 274 g/mol. The molecule has 0 spiro atoms. The molecule has 3 N–H and O–H groups in total. The highest BCUT2D eigenvalue weighted by Gasteiger charge is 2.53. The van der Waals surface area contributed by atoms with E-state index in [1.54, 1.807) is 11.8 Å². The van der Waals surface area contributed by atoms with E-state index in [0.29, 0.717) is 12.5 Å². The SMILES string of the molecule is NCC1(Sc2cccc(Br)c2)CC1CO. The smallest absolute Gasteiger partial charge is 0.0473 e. The van der Waals surface area contributed by atoms with Crippen LogP contribution in [0.15, 0.2) is 33.6 Å². The normalized spacial score (nSPS) is 29.1. The number of hydrogen-bond donors (Lipinski definition) is 2. The third kappa shape index (κ3) is 2.38. The first-order valence-corrected chi connectivity index (χ1v) is 6.56. The molecule has 0 saturated heterocycles. The van der Waals surface area contributed by atoms with Gasteiger partial charge in [-0.05, 0) is 30.5 Å². The van der Waals surface area contributed by atoms with E-state index in [4.69, 9.17) is 10.8 Å². The number of rotatable bonds is 4. The van der Waals surface area contributed by atoms with Gasteiger partial charge in [-0.15, -0.1) is 11.8 Å². The third-order valence-corrected chi connectivity index (χ3v) is 4.91. The van der Waals surface area contributed by atoms with Crippen molar-refractivity contribution >= 4 is 27.7 Å². The molecule has 15 heavy (non-hydrogen) atoms. The Morgan fingerprint density at radius 1 is 1.60 bits per heavy atom. The molecule has 4 heteroatoms. The minimum absolute atomic E-state index is 0.0789. The molecule has 1 fully saturated rings. The maximum absolute atomic E-state index is 9.13. The standard InChI is InChI=1S/C11H14BrNOS/c12-9-2-1-3-10(4-9)15-11(7-13)5-8(11)6-14/h1-4,8,14H,5-7,13H2. The van der Waals surface area contributed by atoms with E-state index < -0.39 is 0 Å². The van der Waals surface area contributed by atoms with Crippen LogP contribution >= 0.6 is 27.7 Å². The van der Waals surface area contributed by atoms with Crippen LogP contribution in [0.25, 0.3) is 0 Å². The summed E-state index contributed by atoms with van der Waals surface area (Å²) in [7, 11) is 0. The van der Waals surface area contributed by atoms with E-state index in [1.807, 2.05) is 12.1 Å². The van der Waals surface area contributed by atoms with Crippen molar-refractivity contribution < 1.29 is 5.11 Å². The molecule has 0 aliphatic heterocycles. The Balaban J connectivity index is 2.08. The number of nitrogens with two attached hydrogens (primary N) is 1. The van der Waals surface area contributed by atoms with Crippen LogP contribution in [0.2, 0.25) is 0 Å². The first kappa shape index (κ1) is 11.5. The van der Waals surface area contributed by atoms with Gasteiger partial charge < -0.3 is 10.8 Å². The summed E-state index contributed by atoms with van der Waals surface area (Å²) in [5, 5.41) is 9.13. The molecule has 2 atom stereocenters. The number of halogens is 1. The average molecular weight is 288 g/mol.